The summed E-state index contributed by atoms with van der Waals surface area (Å²) in [7, 11) is 2.05. The highest BCUT2D eigenvalue weighted by Gasteiger charge is 2.10. The molecule has 0 bridgehead atoms. The number of nitrogens with zero attached hydrogens (tertiary/aromatic N) is 2. The van der Waals surface area contributed by atoms with Gasteiger partial charge in [0.05, 0.1) is 5.69 Å². The van der Waals surface area contributed by atoms with Crippen LogP contribution in [0, 0.1) is 6.92 Å². The van der Waals surface area contributed by atoms with Crippen LogP contribution >= 0.6 is 0 Å². The molecule has 70 valence electrons. The highest BCUT2D eigenvalue weighted by Crippen LogP contribution is 2.17. The molecule has 0 atom stereocenters. The Morgan fingerprint density at radius 2 is 2.38 bits per heavy atom. The molecular weight excluding hydrogens is 162 g/mol. The highest BCUT2D eigenvalue weighted by molar-refractivity contribution is 5.61. The third-order valence-electron chi connectivity index (χ3n) is 2.35. The van der Waals surface area contributed by atoms with E-state index in [1.54, 1.807) is 0 Å². The second-order valence-corrected chi connectivity index (χ2v) is 3.50. The lowest BCUT2D eigenvalue weighted by molar-refractivity contribution is 0.728. The Hall–Kier alpha value is -1.09. The Kier molecular flexibility index (Phi) is 2.19. The van der Waals surface area contributed by atoms with Crippen LogP contribution < -0.4 is 5.32 Å². The molecule has 0 saturated heterocycles. The van der Waals surface area contributed by atoms with Gasteiger partial charge in [-0.2, -0.15) is 0 Å². The van der Waals surface area contributed by atoms with Gasteiger partial charge >= 0.3 is 0 Å². The predicted molar refractivity (Wildman–Crippen MR) is 53.4 cm³/mol. The highest BCUT2D eigenvalue weighted by atomic mass is 15.0. The van der Waals surface area contributed by atoms with E-state index >= 15 is 0 Å². The molecule has 0 spiro atoms. The van der Waals surface area contributed by atoms with Crippen molar-refractivity contribution in [3.63, 3.8) is 0 Å². The van der Waals surface area contributed by atoms with Crippen LogP contribution in [0.5, 0.6) is 0 Å². The first-order valence-corrected chi connectivity index (χ1v) is 4.67. The number of aromatic nitrogens is 2. The molecule has 13 heavy (non-hydrogen) atoms. The van der Waals surface area contributed by atoms with E-state index in [0.29, 0.717) is 0 Å². The van der Waals surface area contributed by atoms with Gasteiger partial charge in [0.15, 0.2) is 0 Å². The van der Waals surface area contributed by atoms with E-state index in [-0.39, 0.29) is 0 Å². The van der Waals surface area contributed by atoms with Crippen LogP contribution in [0.2, 0.25) is 0 Å². The average Bonchev–Trinajstić information content (AvgIpc) is 2.47. The van der Waals surface area contributed by atoms with Crippen LogP contribution in [0.15, 0.2) is 12.3 Å². The molecule has 0 saturated carbocycles. The van der Waals surface area contributed by atoms with Crippen LogP contribution in [-0.2, 0) is 7.05 Å². The molecule has 1 aromatic rings. The molecule has 0 radical (unpaired) electrons. The number of hydrogen-bond donors (Lipinski definition) is 1. The van der Waals surface area contributed by atoms with Gasteiger partial charge in [-0.3, -0.25) is 0 Å². The van der Waals surface area contributed by atoms with Crippen LogP contribution in [0.3, 0.4) is 0 Å². The maximum atomic E-state index is 4.50. The summed E-state index contributed by atoms with van der Waals surface area (Å²) in [6.07, 6.45) is 5.38. The van der Waals surface area contributed by atoms with Crippen LogP contribution in [0.4, 0.5) is 0 Å². The van der Waals surface area contributed by atoms with Crippen LogP contribution in [-0.4, -0.2) is 22.6 Å². The fraction of sp³-hybridized carbons (Fsp3) is 0.500. The van der Waals surface area contributed by atoms with Crippen LogP contribution in [0.1, 0.15) is 17.9 Å². The van der Waals surface area contributed by atoms with E-state index in [1.807, 2.05) is 6.92 Å². The van der Waals surface area contributed by atoms with Crippen molar-refractivity contribution in [2.24, 2.45) is 7.05 Å². The Bertz CT molecular complexity index is 336. The fourth-order valence-electron chi connectivity index (χ4n) is 1.74. The van der Waals surface area contributed by atoms with Crippen molar-refractivity contribution in [2.45, 2.75) is 13.3 Å². The lowest BCUT2D eigenvalue weighted by Gasteiger charge is -2.13. The third kappa shape index (κ3) is 1.65. The minimum absolute atomic E-state index is 0.973. The van der Waals surface area contributed by atoms with Crippen molar-refractivity contribution in [2.75, 3.05) is 13.1 Å². The summed E-state index contributed by atoms with van der Waals surface area (Å²) >= 11 is 0. The average molecular weight is 177 g/mol. The van der Waals surface area contributed by atoms with Crippen molar-refractivity contribution in [3.05, 3.63) is 23.8 Å². The van der Waals surface area contributed by atoms with Gasteiger partial charge in [-0.05, 0) is 25.5 Å². The van der Waals surface area contributed by atoms with E-state index in [0.717, 1.165) is 31.0 Å². The number of imidazole rings is 1. The SMILES string of the molecule is Cc1cn(C)c(C2=CCNCC2)n1. The van der Waals surface area contributed by atoms with Gasteiger partial charge in [-0.15, -0.1) is 0 Å². The summed E-state index contributed by atoms with van der Waals surface area (Å²) in [6, 6.07) is 0. The van der Waals surface area contributed by atoms with Gasteiger partial charge in [0.2, 0.25) is 0 Å². The molecule has 3 nitrogen and oxygen atoms in total. The van der Waals surface area contributed by atoms with Crippen molar-refractivity contribution >= 4 is 5.57 Å². The molecule has 0 aromatic carbocycles. The largest absolute Gasteiger partial charge is 0.334 e. The normalized spacial score (nSPS) is 17.2. The molecule has 0 aliphatic carbocycles. The first-order chi connectivity index (χ1) is 6.27. The molecule has 3 heteroatoms. The summed E-state index contributed by atoms with van der Waals surface area (Å²) in [4.78, 5) is 4.50. The number of rotatable bonds is 1. The molecule has 2 heterocycles. The summed E-state index contributed by atoms with van der Waals surface area (Å²) in [5, 5.41) is 3.30. The topological polar surface area (TPSA) is 29.9 Å². The first kappa shape index (κ1) is 8.51. The zero-order chi connectivity index (χ0) is 9.26. The maximum Gasteiger partial charge on any atom is 0.135 e. The third-order valence-corrected chi connectivity index (χ3v) is 2.35. The zero-order valence-electron chi connectivity index (χ0n) is 8.17. The predicted octanol–water partition coefficient (Wildman–Crippen LogP) is 1.11. The Morgan fingerprint density at radius 1 is 1.54 bits per heavy atom. The van der Waals surface area contributed by atoms with E-state index in [4.69, 9.17) is 0 Å². The summed E-state index contributed by atoms with van der Waals surface area (Å²) in [5.41, 5.74) is 2.46. The quantitative estimate of drug-likeness (QED) is 0.696. The van der Waals surface area contributed by atoms with E-state index in [9.17, 15) is 0 Å². The molecule has 0 fully saturated rings. The van der Waals surface area contributed by atoms with Gasteiger partial charge in [-0.1, -0.05) is 6.08 Å². The molecule has 1 N–H and O–H groups in total. The molecule has 1 aliphatic rings. The molecule has 0 unspecified atom stereocenters. The Morgan fingerprint density at radius 3 is 2.92 bits per heavy atom. The molecule has 0 amide bonds. The maximum absolute atomic E-state index is 4.50. The standard InChI is InChI=1S/C10H15N3/c1-8-7-13(2)10(12-8)9-3-5-11-6-4-9/h3,7,11H,4-6H2,1-2H3. The van der Waals surface area contributed by atoms with Crippen LogP contribution in [0.25, 0.3) is 5.57 Å². The number of nitrogens with one attached hydrogen (secondary N) is 1. The van der Waals surface area contributed by atoms with Gasteiger partial charge in [0.1, 0.15) is 5.82 Å². The van der Waals surface area contributed by atoms with Gasteiger partial charge in [0, 0.05) is 19.8 Å². The lowest BCUT2D eigenvalue weighted by atomic mass is 10.1. The van der Waals surface area contributed by atoms with Crippen molar-refractivity contribution < 1.29 is 0 Å². The summed E-state index contributed by atoms with van der Waals surface area (Å²) < 4.78 is 2.10. The summed E-state index contributed by atoms with van der Waals surface area (Å²) in [6.45, 7) is 4.07. The second kappa shape index (κ2) is 3.34. The molecule has 1 aromatic heterocycles. The van der Waals surface area contributed by atoms with Gasteiger partial charge in [-0.25, -0.2) is 4.98 Å². The van der Waals surface area contributed by atoms with Crippen molar-refractivity contribution in [1.82, 2.24) is 14.9 Å². The molecule has 2 rings (SSSR count). The van der Waals surface area contributed by atoms with E-state index in [1.165, 1.54) is 5.57 Å². The first-order valence-electron chi connectivity index (χ1n) is 4.67. The van der Waals surface area contributed by atoms with Gasteiger partial charge in [0.25, 0.3) is 0 Å². The number of hydrogen-bond acceptors (Lipinski definition) is 2. The lowest BCUT2D eigenvalue weighted by Crippen LogP contribution is -2.20. The van der Waals surface area contributed by atoms with E-state index < -0.39 is 0 Å². The second-order valence-electron chi connectivity index (χ2n) is 3.50. The smallest absolute Gasteiger partial charge is 0.135 e. The monoisotopic (exact) mass is 177 g/mol. The number of aryl methyl sites for hydroxylation is 2. The van der Waals surface area contributed by atoms with Crippen molar-refractivity contribution in [1.29, 1.82) is 0 Å². The minimum atomic E-state index is 0.973. The Labute approximate surface area is 78.5 Å². The fourth-order valence-corrected chi connectivity index (χ4v) is 1.74. The van der Waals surface area contributed by atoms with Gasteiger partial charge < -0.3 is 9.88 Å². The van der Waals surface area contributed by atoms with E-state index in [2.05, 4.69) is 34.2 Å². The zero-order valence-corrected chi connectivity index (χ0v) is 8.17. The minimum Gasteiger partial charge on any atom is -0.334 e. The van der Waals surface area contributed by atoms with Crippen molar-refractivity contribution in [3.8, 4) is 0 Å². The molecule has 1 aliphatic heterocycles. The molecular formula is C10H15N3. The Balaban J connectivity index is 2.33. The summed E-state index contributed by atoms with van der Waals surface area (Å²) in [5.74, 6) is 1.12.